The van der Waals surface area contributed by atoms with E-state index in [1.165, 1.54) is 32.1 Å². The SMILES string of the molecule is OC[C@@H]1CCN(CC2CC(Cl)C(Cl)CC2O)[C@H](C2CCCCC2)C1. The van der Waals surface area contributed by atoms with Gasteiger partial charge in [-0.3, -0.25) is 4.90 Å². The lowest BCUT2D eigenvalue weighted by Gasteiger charge is -2.47. The Morgan fingerprint density at radius 2 is 1.62 bits per heavy atom. The van der Waals surface area contributed by atoms with E-state index in [1.54, 1.807) is 0 Å². The van der Waals surface area contributed by atoms with E-state index in [0.717, 1.165) is 38.3 Å². The van der Waals surface area contributed by atoms with E-state index in [2.05, 4.69) is 4.90 Å². The Morgan fingerprint density at radius 1 is 0.917 bits per heavy atom. The van der Waals surface area contributed by atoms with Crippen LogP contribution in [-0.2, 0) is 0 Å². The van der Waals surface area contributed by atoms with E-state index in [1.807, 2.05) is 0 Å². The van der Waals surface area contributed by atoms with Gasteiger partial charge in [-0.25, -0.2) is 0 Å². The molecule has 3 fully saturated rings. The fourth-order valence-corrected chi connectivity index (χ4v) is 5.80. The summed E-state index contributed by atoms with van der Waals surface area (Å²) in [6.07, 6.45) is 10.0. The Morgan fingerprint density at radius 3 is 2.33 bits per heavy atom. The quantitative estimate of drug-likeness (QED) is 0.735. The van der Waals surface area contributed by atoms with Crippen LogP contribution in [0.15, 0.2) is 0 Å². The maximum Gasteiger partial charge on any atom is 0.0595 e. The number of halogens is 2. The molecule has 24 heavy (non-hydrogen) atoms. The highest BCUT2D eigenvalue weighted by molar-refractivity contribution is 6.30. The summed E-state index contributed by atoms with van der Waals surface area (Å²) in [4.78, 5) is 2.62. The third kappa shape index (κ3) is 4.59. The van der Waals surface area contributed by atoms with Crippen molar-refractivity contribution in [1.29, 1.82) is 0 Å². The molecule has 0 radical (unpaired) electrons. The van der Waals surface area contributed by atoms with Gasteiger partial charge in [-0.1, -0.05) is 19.3 Å². The summed E-state index contributed by atoms with van der Waals surface area (Å²) in [6, 6.07) is 0.575. The first-order chi connectivity index (χ1) is 11.6. The van der Waals surface area contributed by atoms with Gasteiger partial charge in [0.15, 0.2) is 0 Å². The van der Waals surface area contributed by atoms with Crippen LogP contribution >= 0.6 is 23.2 Å². The predicted molar refractivity (Wildman–Crippen MR) is 99.8 cm³/mol. The zero-order chi connectivity index (χ0) is 17.1. The molecular weight excluding hydrogens is 345 g/mol. The highest BCUT2D eigenvalue weighted by atomic mass is 35.5. The second-order valence-electron chi connectivity index (χ2n) is 8.36. The van der Waals surface area contributed by atoms with Gasteiger partial charge < -0.3 is 10.2 Å². The Bertz CT molecular complexity index is 392. The first kappa shape index (κ1) is 19.2. The minimum absolute atomic E-state index is 0.0248. The topological polar surface area (TPSA) is 43.7 Å². The van der Waals surface area contributed by atoms with Gasteiger partial charge in [0.1, 0.15) is 0 Å². The van der Waals surface area contributed by atoms with Gasteiger partial charge in [-0.05, 0) is 62.8 Å². The van der Waals surface area contributed by atoms with Gasteiger partial charge in [-0.2, -0.15) is 0 Å². The lowest BCUT2D eigenvalue weighted by Crippen LogP contribution is -2.52. The summed E-state index contributed by atoms with van der Waals surface area (Å²) < 4.78 is 0. The molecule has 3 nitrogen and oxygen atoms in total. The van der Waals surface area contributed by atoms with Gasteiger partial charge in [0.25, 0.3) is 0 Å². The Balaban J connectivity index is 1.65. The van der Waals surface area contributed by atoms with Crippen LogP contribution in [-0.4, -0.2) is 57.7 Å². The number of aliphatic hydroxyl groups is 2. The van der Waals surface area contributed by atoms with E-state index in [-0.39, 0.29) is 22.8 Å². The first-order valence-corrected chi connectivity index (χ1v) is 10.8. The molecule has 0 amide bonds. The van der Waals surface area contributed by atoms with Gasteiger partial charge in [-0.15, -0.1) is 23.2 Å². The second-order valence-corrected chi connectivity index (χ2v) is 9.49. The maximum absolute atomic E-state index is 10.5. The molecule has 0 aromatic rings. The maximum atomic E-state index is 10.5. The zero-order valence-corrected chi connectivity index (χ0v) is 16.1. The molecule has 0 aromatic carbocycles. The number of piperidine rings is 1. The summed E-state index contributed by atoms with van der Waals surface area (Å²) in [7, 11) is 0. The third-order valence-corrected chi connectivity index (χ3v) is 7.81. The van der Waals surface area contributed by atoms with Crippen molar-refractivity contribution in [2.75, 3.05) is 19.7 Å². The smallest absolute Gasteiger partial charge is 0.0595 e. The molecule has 2 aliphatic carbocycles. The van der Waals surface area contributed by atoms with E-state index >= 15 is 0 Å². The number of nitrogens with zero attached hydrogens (tertiary/aromatic N) is 1. The summed E-state index contributed by atoms with van der Waals surface area (Å²) in [6.45, 7) is 2.31. The zero-order valence-electron chi connectivity index (χ0n) is 14.6. The van der Waals surface area contributed by atoms with Gasteiger partial charge in [0.2, 0.25) is 0 Å². The van der Waals surface area contributed by atoms with E-state index < -0.39 is 0 Å². The minimum atomic E-state index is -0.329. The first-order valence-electron chi connectivity index (χ1n) is 9.89. The average Bonchev–Trinajstić information content (AvgIpc) is 2.60. The number of alkyl halides is 2. The molecule has 0 bridgehead atoms. The van der Waals surface area contributed by atoms with E-state index in [0.29, 0.717) is 25.0 Å². The van der Waals surface area contributed by atoms with Gasteiger partial charge in [0.05, 0.1) is 16.9 Å². The lowest BCUT2D eigenvalue weighted by atomic mass is 9.76. The fourth-order valence-electron chi connectivity index (χ4n) is 5.19. The van der Waals surface area contributed by atoms with Crippen molar-refractivity contribution in [2.24, 2.45) is 17.8 Å². The standard InChI is InChI=1S/C19H33Cl2NO2/c20-16-9-15(19(24)10-17(16)21)11-22-7-6-13(12-23)8-18(22)14-4-2-1-3-5-14/h13-19,23-24H,1-12H2/t13-,15?,16?,17?,18+,19?/m1/s1. The molecule has 2 N–H and O–H groups in total. The summed E-state index contributed by atoms with van der Waals surface area (Å²) in [5.41, 5.74) is 0. The fraction of sp³-hybridized carbons (Fsp3) is 1.00. The van der Waals surface area contributed by atoms with Gasteiger partial charge >= 0.3 is 0 Å². The Hall–Kier alpha value is 0.460. The van der Waals surface area contributed by atoms with Crippen molar-refractivity contribution in [1.82, 2.24) is 4.90 Å². The highest BCUT2D eigenvalue weighted by Crippen LogP contribution is 2.38. The molecule has 1 heterocycles. The number of hydrogen-bond donors (Lipinski definition) is 2. The van der Waals surface area contributed by atoms with Crippen molar-refractivity contribution < 1.29 is 10.2 Å². The number of aliphatic hydroxyl groups excluding tert-OH is 2. The Labute approximate surface area is 156 Å². The van der Waals surface area contributed by atoms with Crippen LogP contribution in [0.4, 0.5) is 0 Å². The summed E-state index contributed by atoms with van der Waals surface area (Å²) in [5, 5.41) is 20.0. The van der Waals surface area contributed by atoms with Crippen LogP contribution in [0, 0.1) is 17.8 Å². The van der Waals surface area contributed by atoms with Crippen LogP contribution < -0.4 is 0 Å². The largest absolute Gasteiger partial charge is 0.396 e. The van der Waals surface area contributed by atoms with Crippen molar-refractivity contribution in [3.8, 4) is 0 Å². The monoisotopic (exact) mass is 377 g/mol. The second kappa shape index (κ2) is 8.90. The van der Waals surface area contributed by atoms with Gasteiger partial charge in [0, 0.05) is 19.2 Å². The van der Waals surface area contributed by atoms with Crippen LogP contribution in [0.1, 0.15) is 57.8 Å². The molecule has 1 aliphatic heterocycles. The molecule has 5 heteroatoms. The van der Waals surface area contributed by atoms with Crippen molar-refractivity contribution in [2.45, 2.75) is 80.7 Å². The summed E-state index contributed by atoms with van der Waals surface area (Å²) in [5.74, 6) is 1.46. The predicted octanol–water partition coefficient (Wildman–Crippen LogP) is 3.63. The molecule has 140 valence electrons. The van der Waals surface area contributed by atoms with Crippen LogP contribution in [0.2, 0.25) is 0 Å². The average molecular weight is 378 g/mol. The molecule has 0 spiro atoms. The summed E-state index contributed by atoms with van der Waals surface area (Å²) >= 11 is 12.6. The third-order valence-electron chi connectivity index (χ3n) is 6.72. The molecule has 3 rings (SSSR count). The lowest BCUT2D eigenvalue weighted by molar-refractivity contribution is -0.00592. The van der Waals surface area contributed by atoms with E-state index in [4.69, 9.17) is 23.2 Å². The molecule has 3 aliphatic rings. The van der Waals surface area contributed by atoms with Crippen LogP contribution in [0.3, 0.4) is 0 Å². The number of hydrogen-bond acceptors (Lipinski definition) is 3. The van der Waals surface area contributed by atoms with Crippen molar-refractivity contribution in [3.63, 3.8) is 0 Å². The van der Waals surface area contributed by atoms with Crippen molar-refractivity contribution >= 4 is 23.2 Å². The number of likely N-dealkylation sites (tertiary alicyclic amines) is 1. The minimum Gasteiger partial charge on any atom is -0.396 e. The molecule has 2 saturated carbocycles. The molecule has 4 unspecified atom stereocenters. The normalized spacial score (nSPS) is 43.0. The molecule has 0 aromatic heterocycles. The molecular formula is C19H33Cl2NO2. The molecule has 1 saturated heterocycles. The van der Waals surface area contributed by atoms with Crippen LogP contribution in [0.5, 0.6) is 0 Å². The highest BCUT2D eigenvalue weighted by Gasteiger charge is 2.39. The Kier molecular flexibility index (Phi) is 7.13. The van der Waals surface area contributed by atoms with E-state index in [9.17, 15) is 10.2 Å². The van der Waals surface area contributed by atoms with Crippen LogP contribution in [0.25, 0.3) is 0 Å². The number of rotatable bonds is 4. The van der Waals surface area contributed by atoms with Crippen molar-refractivity contribution in [3.05, 3.63) is 0 Å². The molecule has 6 atom stereocenters.